The first-order valence-electron chi connectivity index (χ1n) is 5.57. The number of carbonyl (C=O) groups excluding carboxylic acids is 1. The lowest BCUT2D eigenvalue weighted by Gasteiger charge is -2.23. The zero-order valence-electron chi connectivity index (χ0n) is 10.4. The van der Waals surface area contributed by atoms with E-state index in [0.29, 0.717) is 6.42 Å². The Labute approximate surface area is 110 Å². The van der Waals surface area contributed by atoms with Gasteiger partial charge in [0.15, 0.2) is 0 Å². The Kier molecular flexibility index (Phi) is 5.64. The summed E-state index contributed by atoms with van der Waals surface area (Å²) in [6, 6.07) is 2.87. The van der Waals surface area contributed by atoms with Crippen molar-refractivity contribution >= 4 is 23.6 Å². The number of likely N-dealkylation sites (N-methyl/N-ethyl adjacent to an activating group) is 1. The molecule has 1 unspecified atom stereocenters. The van der Waals surface area contributed by atoms with Crippen LogP contribution < -0.4 is 0 Å². The van der Waals surface area contributed by atoms with Crippen molar-refractivity contribution in [1.29, 1.82) is 0 Å². The fourth-order valence-electron chi connectivity index (χ4n) is 1.47. The molecule has 0 aliphatic rings. The number of carbonyl (C=O) groups is 2. The molecule has 1 aromatic heterocycles. The molecule has 0 radical (unpaired) electrons. The van der Waals surface area contributed by atoms with Crippen LogP contribution in [0.25, 0.3) is 0 Å². The van der Waals surface area contributed by atoms with Crippen molar-refractivity contribution in [2.75, 3.05) is 12.8 Å². The largest absolute Gasteiger partial charge is 0.480 e. The number of amides is 1. The third-order valence-electron chi connectivity index (χ3n) is 2.54. The molecule has 0 aliphatic heterocycles. The second kappa shape index (κ2) is 7.00. The maximum absolute atomic E-state index is 11.8. The molecule has 6 heteroatoms. The van der Waals surface area contributed by atoms with Crippen LogP contribution in [-0.2, 0) is 9.59 Å². The number of pyridine rings is 1. The van der Waals surface area contributed by atoms with Gasteiger partial charge in [0.2, 0.25) is 5.91 Å². The average Bonchev–Trinajstić information content (AvgIpc) is 2.37. The molecule has 1 heterocycles. The zero-order valence-corrected chi connectivity index (χ0v) is 11.2. The highest BCUT2D eigenvalue weighted by molar-refractivity contribution is 8.00. The summed E-state index contributed by atoms with van der Waals surface area (Å²) in [5, 5.41) is 8.97. The van der Waals surface area contributed by atoms with Gasteiger partial charge in [-0.1, -0.05) is 6.92 Å². The maximum atomic E-state index is 11.8. The summed E-state index contributed by atoms with van der Waals surface area (Å²) in [5.41, 5.74) is 0. The number of hydrogen-bond donors (Lipinski definition) is 1. The van der Waals surface area contributed by atoms with E-state index in [-0.39, 0.29) is 11.7 Å². The van der Waals surface area contributed by atoms with Gasteiger partial charge in [0.25, 0.3) is 0 Å². The minimum atomic E-state index is -0.970. The highest BCUT2D eigenvalue weighted by Gasteiger charge is 2.24. The highest BCUT2D eigenvalue weighted by Crippen LogP contribution is 2.17. The van der Waals surface area contributed by atoms with Gasteiger partial charge in [-0.15, -0.1) is 11.8 Å². The van der Waals surface area contributed by atoms with Gasteiger partial charge in [0, 0.05) is 24.3 Å². The van der Waals surface area contributed by atoms with Crippen molar-refractivity contribution in [3.8, 4) is 0 Å². The average molecular weight is 268 g/mol. The Morgan fingerprint density at radius 2 is 2.06 bits per heavy atom. The summed E-state index contributed by atoms with van der Waals surface area (Å²) < 4.78 is 0. The Morgan fingerprint density at radius 3 is 2.56 bits per heavy atom. The predicted molar refractivity (Wildman–Crippen MR) is 69.4 cm³/mol. The molecule has 0 aliphatic carbocycles. The fourth-order valence-corrected chi connectivity index (χ4v) is 2.28. The monoisotopic (exact) mass is 268 g/mol. The number of aliphatic carboxylic acids is 1. The SMILES string of the molecule is CCC(C(=O)O)N(C)C(=O)CSc1ccncc1. The number of rotatable bonds is 6. The van der Waals surface area contributed by atoms with Crippen LogP contribution >= 0.6 is 11.8 Å². The number of thioether (sulfide) groups is 1. The Balaban J connectivity index is 2.52. The minimum absolute atomic E-state index is 0.189. The highest BCUT2D eigenvalue weighted by atomic mass is 32.2. The van der Waals surface area contributed by atoms with Gasteiger partial charge in [-0.3, -0.25) is 9.78 Å². The summed E-state index contributed by atoms with van der Waals surface area (Å²) in [6.07, 6.45) is 3.71. The zero-order chi connectivity index (χ0) is 13.5. The van der Waals surface area contributed by atoms with Gasteiger partial charge >= 0.3 is 5.97 Å². The molecule has 1 aromatic rings. The molecule has 0 saturated carbocycles. The van der Waals surface area contributed by atoms with Gasteiger partial charge in [0.1, 0.15) is 6.04 Å². The smallest absolute Gasteiger partial charge is 0.326 e. The molecule has 0 fully saturated rings. The van der Waals surface area contributed by atoms with Gasteiger partial charge < -0.3 is 10.0 Å². The van der Waals surface area contributed by atoms with E-state index in [2.05, 4.69) is 4.98 Å². The molecular weight excluding hydrogens is 252 g/mol. The molecule has 5 nitrogen and oxygen atoms in total. The topological polar surface area (TPSA) is 70.5 Å². The van der Waals surface area contributed by atoms with E-state index in [4.69, 9.17) is 5.11 Å². The van der Waals surface area contributed by atoms with Crippen molar-refractivity contribution in [1.82, 2.24) is 9.88 Å². The summed E-state index contributed by atoms with van der Waals surface area (Å²) in [6.45, 7) is 1.75. The quantitative estimate of drug-likeness (QED) is 0.792. The van der Waals surface area contributed by atoms with Crippen LogP contribution in [-0.4, -0.2) is 45.7 Å². The van der Waals surface area contributed by atoms with Crippen LogP contribution in [0.3, 0.4) is 0 Å². The maximum Gasteiger partial charge on any atom is 0.326 e. The fraction of sp³-hybridized carbons (Fsp3) is 0.417. The van der Waals surface area contributed by atoms with Gasteiger partial charge in [-0.25, -0.2) is 4.79 Å². The first kappa shape index (κ1) is 14.5. The van der Waals surface area contributed by atoms with Crippen molar-refractivity contribution in [2.24, 2.45) is 0 Å². The molecule has 98 valence electrons. The number of carboxylic acids is 1. The molecule has 0 spiro atoms. The van der Waals surface area contributed by atoms with E-state index in [1.807, 2.05) is 12.1 Å². The van der Waals surface area contributed by atoms with Crippen LogP contribution in [0.1, 0.15) is 13.3 Å². The Morgan fingerprint density at radius 1 is 1.44 bits per heavy atom. The van der Waals surface area contributed by atoms with Crippen LogP contribution in [0.15, 0.2) is 29.4 Å². The van der Waals surface area contributed by atoms with Gasteiger partial charge in [-0.2, -0.15) is 0 Å². The van der Waals surface area contributed by atoms with E-state index >= 15 is 0 Å². The summed E-state index contributed by atoms with van der Waals surface area (Å²) in [4.78, 5) is 28.9. The van der Waals surface area contributed by atoms with E-state index in [1.165, 1.54) is 23.7 Å². The molecule has 18 heavy (non-hydrogen) atoms. The Hall–Kier alpha value is -1.56. The lowest BCUT2D eigenvalue weighted by atomic mass is 10.2. The molecule has 0 saturated heterocycles. The van der Waals surface area contributed by atoms with Crippen LogP contribution in [0, 0.1) is 0 Å². The molecule has 0 bridgehead atoms. The predicted octanol–water partition coefficient (Wildman–Crippen LogP) is 1.50. The lowest BCUT2D eigenvalue weighted by Crippen LogP contribution is -2.42. The third kappa shape index (κ3) is 4.03. The number of nitrogens with zero attached hydrogens (tertiary/aromatic N) is 2. The third-order valence-corrected chi connectivity index (χ3v) is 3.54. The van der Waals surface area contributed by atoms with E-state index in [0.717, 1.165) is 4.90 Å². The summed E-state index contributed by atoms with van der Waals surface area (Å²) in [5.74, 6) is -0.932. The Bertz CT molecular complexity index is 411. The minimum Gasteiger partial charge on any atom is -0.480 e. The molecule has 1 N–H and O–H groups in total. The van der Waals surface area contributed by atoms with E-state index < -0.39 is 12.0 Å². The van der Waals surface area contributed by atoms with Crippen molar-refractivity contribution in [3.63, 3.8) is 0 Å². The summed E-state index contributed by atoms with van der Waals surface area (Å²) in [7, 11) is 1.53. The van der Waals surface area contributed by atoms with Crippen LogP contribution in [0.2, 0.25) is 0 Å². The van der Waals surface area contributed by atoms with Crippen LogP contribution in [0.5, 0.6) is 0 Å². The van der Waals surface area contributed by atoms with Gasteiger partial charge in [0.05, 0.1) is 5.75 Å². The van der Waals surface area contributed by atoms with Crippen molar-refractivity contribution in [2.45, 2.75) is 24.3 Å². The first-order valence-corrected chi connectivity index (χ1v) is 6.56. The normalized spacial score (nSPS) is 11.9. The molecular formula is C12H16N2O3S. The van der Waals surface area contributed by atoms with Crippen molar-refractivity contribution in [3.05, 3.63) is 24.5 Å². The second-order valence-corrected chi connectivity index (χ2v) is 4.79. The number of carboxylic acid groups (broad SMARTS) is 1. The molecule has 1 amide bonds. The molecule has 1 rings (SSSR count). The lowest BCUT2D eigenvalue weighted by molar-refractivity contribution is -0.148. The van der Waals surface area contributed by atoms with Crippen molar-refractivity contribution < 1.29 is 14.7 Å². The van der Waals surface area contributed by atoms with Gasteiger partial charge in [-0.05, 0) is 18.6 Å². The first-order chi connectivity index (χ1) is 8.56. The summed E-state index contributed by atoms with van der Waals surface area (Å²) >= 11 is 1.37. The second-order valence-electron chi connectivity index (χ2n) is 3.74. The molecule has 0 aromatic carbocycles. The molecule has 1 atom stereocenters. The van der Waals surface area contributed by atoms with E-state index in [1.54, 1.807) is 19.3 Å². The number of hydrogen-bond acceptors (Lipinski definition) is 4. The number of aromatic nitrogens is 1. The van der Waals surface area contributed by atoms with E-state index in [9.17, 15) is 9.59 Å². The van der Waals surface area contributed by atoms with Crippen LogP contribution in [0.4, 0.5) is 0 Å². The standard InChI is InChI=1S/C12H16N2O3S/c1-3-10(12(16)17)14(2)11(15)8-18-9-4-6-13-7-5-9/h4-7,10H,3,8H2,1-2H3,(H,16,17).